The van der Waals surface area contributed by atoms with Crippen LogP contribution < -0.4 is 4.74 Å². The Kier molecular flexibility index (Phi) is 3.84. The first kappa shape index (κ1) is 14.3. The number of halogens is 3. The molecule has 1 aromatic carbocycles. The van der Waals surface area contributed by atoms with Gasteiger partial charge in [-0.15, -0.1) is 0 Å². The summed E-state index contributed by atoms with van der Waals surface area (Å²) in [6.45, 7) is -0.256. The number of pyridine rings is 1. The van der Waals surface area contributed by atoms with Crippen LogP contribution in [0.2, 0.25) is 5.02 Å². The molecule has 0 aliphatic carbocycles. The molecular formula is C14H9BrClFN2O2. The van der Waals surface area contributed by atoms with Crippen LogP contribution in [0, 0.1) is 5.82 Å². The molecule has 1 N–H and O–H groups in total. The highest BCUT2D eigenvalue weighted by Crippen LogP contribution is 2.34. The van der Waals surface area contributed by atoms with Crippen LogP contribution in [0.15, 0.2) is 41.0 Å². The molecule has 4 nitrogen and oxygen atoms in total. The molecule has 0 spiro atoms. The fraction of sp³-hybridized carbons (Fsp3) is 0.0714. The standard InChI is InChI=1S/C14H9BrClFN2O2/c15-8-5-9(16)10(17)6-12(8)21-14-11(7-20)19-4-2-1-3-13(19)18-14/h1-6,20H,7H2. The average molecular weight is 372 g/mol. The van der Waals surface area contributed by atoms with Gasteiger partial charge in [-0.3, -0.25) is 4.40 Å². The van der Waals surface area contributed by atoms with E-state index in [1.165, 1.54) is 6.07 Å². The van der Waals surface area contributed by atoms with Crippen LogP contribution in [0.3, 0.4) is 0 Å². The van der Waals surface area contributed by atoms with E-state index in [1.807, 2.05) is 12.1 Å². The van der Waals surface area contributed by atoms with E-state index in [2.05, 4.69) is 20.9 Å². The summed E-state index contributed by atoms with van der Waals surface area (Å²) in [5.41, 5.74) is 1.11. The zero-order chi connectivity index (χ0) is 15.0. The largest absolute Gasteiger partial charge is 0.436 e. The predicted octanol–water partition coefficient (Wildman–Crippen LogP) is 4.17. The molecule has 2 aromatic heterocycles. The van der Waals surface area contributed by atoms with E-state index >= 15 is 0 Å². The molecule has 0 bridgehead atoms. The number of fused-ring (bicyclic) bond motifs is 1. The summed E-state index contributed by atoms with van der Waals surface area (Å²) in [6, 6.07) is 7.99. The van der Waals surface area contributed by atoms with Crippen molar-refractivity contribution in [2.45, 2.75) is 6.61 Å². The summed E-state index contributed by atoms with van der Waals surface area (Å²) in [6.07, 6.45) is 1.76. The van der Waals surface area contributed by atoms with Crippen LogP contribution in [-0.4, -0.2) is 14.5 Å². The predicted molar refractivity (Wildman–Crippen MR) is 80.3 cm³/mol. The summed E-state index contributed by atoms with van der Waals surface area (Å²) >= 11 is 8.95. The second-order valence-corrected chi connectivity index (χ2v) is 5.51. The summed E-state index contributed by atoms with van der Waals surface area (Å²) in [5, 5.41) is 9.50. The Balaban J connectivity index is 2.08. The molecule has 0 saturated carbocycles. The Bertz CT molecular complexity index is 822. The van der Waals surface area contributed by atoms with Gasteiger partial charge in [0.25, 0.3) is 0 Å². The van der Waals surface area contributed by atoms with Gasteiger partial charge in [0.2, 0.25) is 5.88 Å². The lowest BCUT2D eigenvalue weighted by molar-refractivity contribution is 0.269. The molecule has 21 heavy (non-hydrogen) atoms. The van der Waals surface area contributed by atoms with Crippen LogP contribution in [0.25, 0.3) is 5.65 Å². The van der Waals surface area contributed by atoms with E-state index in [0.717, 1.165) is 6.07 Å². The van der Waals surface area contributed by atoms with Crippen LogP contribution in [0.1, 0.15) is 5.69 Å². The van der Waals surface area contributed by atoms with E-state index in [1.54, 1.807) is 16.7 Å². The minimum Gasteiger partial charge on any atom is -0.436 e. The lowest BCUT2D eigenvalue weighted by Gasteiger charge is -2.07. The molecule has 0 aliphatic heterocycles. The summed E-state index contributed by atoms with van der Waals surface area (Å²) < 4.78 is 21.4. The highest BCUT2D eigenvalue weighted by Gasteiger charge is 2.16. The van der Waals surface area contributed by atoms with Gasteiger partial charge in [0.15, 0.2) is 0 Å². The van der Waals surface area contributed by atoms with Gasteiger partial charge < -0.3 is 9.84 Å². The zero-order valence-corrected chi connectivity index (χ0v) is 12.9. The second-order valence-electron chi connectivity index (χ2n) is 4.25. The third-order valence-electron chi connectivity index (χ3n) is 2.92. The summed E-state index contributed by atoms with van der Waals surface area (Å²) in [5.74, 6) is -0.148. The Morgan fingerprint density at radius 3 is 2.95 bits per heavy atom. The fourth-order valence-electron chi connectivity index (χ4n) is 1.94. The first-order valence-electron chi connectivity index (χ1n) is 5.99. The minimum absolute atomic E-state index is 0.00777. The number of ether oxygens (including phenoxy) is 1. The lowest BCUT2D eigenvalue weighted by Crippen LogP contribution is -1.95. The van der Waals surface area contributed by atoms with E-state index in [9.17, 15) is 9.50 Å². The quantitative estimate of drug-likeness (QED) is 0.703. The van der Waals surface area contributed by atoms with Crippen molar-refractivity contribution in [3.05, 3.63) is 57.5 Å². The molecule has 0 unspecified atom stereocenters. The molecule has 108 valence electrons. The van der Waals surface area contributed by atoms with Crippen molar-refractivity contribution in [2.24, 2.45) is 0 Å². The van der Waals surface area contributed by atoms with Crippen LogP contribution in [-0.2, 0) is 6.61 Å². The smallest absolute Gasteiger partial charge is 0.243 e. The number of hydrogen-bond donors (Lipinski definition) is 1. The van der Waals surface area contributed by atoms with E-state index < -0.39 is 5.82 Å². The summed E-state index contributed by atoms with van der Waals surface area (Å²) in [4.78, 5) is 4.28. The summed E-state index contributed by atoms with van der Waals surface area (Å²) in [7, 11) is 0. The normalized spacial score (nSPS) is 11.0. The third-order valence-corrected chi connectivity index (χ3v) is 3.83. The minimum atomic E-state index is -0.593. The monoisotopic (exact) mass is 370 g/mol. The first-order chi connectivity index (χ1) is 10.1. The maximum Gasteiger partial charge on any atom is 0.243 e. The van der Waals surface area contributed by atoms with Gasteiger partial charge in [0.05, 0.1) is 16.1 Å². The molecule has 3 aromatic rings. The maximum absolute atomic E-state index is 13.5. The highest BCUT2D eigenvalue weighted by atomic mass is 79.9. The maximum atomic E-state index is 13.5. The molecule has 0 fully saturated rings. The van der Waals surface area contributed by atoms with Gasteiger partial charge in [0, 0.05) is 12.3 Å². The van der Waals surface area contributed by atoms with Crippen molar-refractivity contribution in [2.75, 3.05) is 0 Å². The van der Waals surface area contributed by atoms with Crippen molar-refractivity contribution >= 4 is 33.2 Å². The zero-order valence-electron chi connectivity index (χ0n) is 10.6. The Hall–Kier alpha value is -1.63. The number of hydrogen-bond acceptors (Lipinski definition) is 3. The lowest BCUT2D eigenvalue weighted by atomic mass is 10.3. The van der Waals surface area contributed by atoms with Crippen LogP contribution >= 0.6 is 27.5 Å². The van der Waals surface area contributed by atoms with Gasteiger partial charge in [-0.2, -0.15) is 4.98 Å². The molecule has 2 heterocycles. The van der Waals surface area contributed by atoms with Crippen molar-refractivity contribution in [1.82, 2.24) is 9.38 Å². The number of benzene rings is 1. The van der Waals surface area contributed by atoms with E-state index in [-0.39, 0.29) is 23.3 Å². The van der Waals surface area contributed by atoms with Gasteiger partial charge >= 0.3 is 0 Å². The third kappa shape index (κ3) is 2.62. The highest BCUT2D eigenvalue weighted by molar-refractivity contribution is 9.10. The SMILES string of the molecule is OCc1c(Oc2cc(F)c(Cl)cc2Br)nc2ccccn12. The van der Waals surface area contributed by atoms with Gasteiger partial charge in [-0.05, 0) is 34.1 Å². The number of rotatable bonds is 3. The molecule has 0 amide bonds. The number of aliphatic hydroxyl groups excluding tert-OH is 1. The molecule has 0 atom stereocenters. The van der Waals surface area contributed by atoms with Crippen LogP contribution in [0.5, 0.6) is 11.6 Å². The Labute approximate surface area is 132 Å². The number of imidazole rings is 1. The average Bonchev–Trinajstić information content (AvgIpc) is 2.81. The molecule has 3 rings (SSSR count). The number of aliphatic hydroxyl groups is 1. The molecule has 0 aliphatic rings. The molecule has 0 radical (unpaired) electrons. The van der Waals surface area contributed by atoms with E-state index in [4.69, 9.17) is 16.3 Å². The Morgan fingerprint density at radius 1 is 1.38 bits per heavy atom. The van der Waals surface area contributed by atoms with Gasteiger partial charge in [-0.1, -0.05) is 17.7 Å². The second kappa shape index (κ2) is 5.63. The number of aromatic nitrogens is 2. The van der Waals surface area contributed by atoms with Crippen molar-refractivity contribution in [1.29, 1.82) is 0 Å². The molecular weight excluding hydrogens is 363 g/mol. The number of nitrogens with zero attached hydrogens (tertiary/aromatic N) is 2. The van der Waals surface area contributed by atoms with Gasteiger partial charge in [0.1, 0.15) is 22.9 Å². The van der Waals surface area contributed by atoms with Crippen LogP contribution in [0.4, 0.5) is 4.39 Å². The van der Waals surface area contributed by atoms with Crippen molar-refractivity contribution < 1.29 is 14.2 Å². The van der Waals surface area contributed by atoms with E-state index in [0.29, 0.717) is 15.8 Å². The topological polar surface area (TPSA) is 46.8 Å². The van der Waals surface area contributed by atoms with Crippen molar-refractivity contribution in [3.63, 3.8) is 0 Å². The Morgan fingerprint density at radius 2 is 2.19 bits per heavy atom. The first-order valence-corrected chi connectivity index (χ1v) is 7.16. The van der Waals surface area contributed by atoms with Gasteiger partial charge in [-0.25, -0.2) is 4.39 Å². The fourth-order valence-corrected chi connectivity index (χ4v) is 2.66. The molecule has 0 saturated heterocycles. The van der Waals surface area contributed by atoms with Crippen molar-refractivity contribution in [3.8, 4) is 11.6 Å². The molecule has 7 heteroatoms.